The topological polar surface area (TPSA) is 70.7 Å². The zero-order valence-corrected chi connectivity index (χ0v) is 23.8. The van der Waals surface area contributed by atoms with Crippen LogP contribution in [-0.2, 0) is 13.0 Å². The van der Waals surface area contributed by atoms with Gasteiger partial charge in [-0.1, -0.05) is 66.7 Å². The van der Waals surface area contributed by atoms with E-state index in [1.807, 2.05) is 48.5 Å². The SMILES string of the molecule is CN(Cc1ccccc1)C(=O)c1cccc(NC(=S)NC(=O)c2ccc(OCCc3ccccc3)c(Br)c2)c1. The molecule has 0 unspecified atom stereocenters. The van der Waals surface area contributed by atoms with Crippen molar-refractivity contribution in [1.29, 1.82) is 0 Å². The zero-order chi connectivity index (χ0) is 27.6. The van der Waals surface area contributed by atoms with Crippen LogP contribution in [0.15, 0.2) is 108 Å². The van der Waals surface area contributed by atoms with E-state index in [1.54, 1.807) is 54.4 Å². The highest BCUT2D eigenvalue weighted by Gasteiger charge is 2.14. The van der Waals surface area contributed by atoms with Gasteiger partial charge in [-0.15, -0.1) is 0 Å². The molecule has 4 aromatic rings. The Labute approximate surface area is 242 Å². The van der Waals surface area contributed by atoms with Crippen molar-refractivity contribution < 1.29 is 14.3 Å². The van der Waals surface area contributed by atoms with Gasteiger partial charge >= 0.3 is 0 Å². The molecule has 0 saturated heterocycles. The Bertz CT molecular complexity index is 1450. The second-order valence-corrected chi connectivity index (χ2v) is 10.1. The molecule has 0 radical (unpaired) electrons. The molecule has 4 aromatic carbocycles. The maximum absolute atomic E-state index is 12.9. The summed E-state index contributed by atoms with van der Waals surface area (Å²) in [6.45, 7) is 1.02. The first-order valence-corrected chi connectivity index (χ1v) is 13.6. The van der Waals surface area contributed by atoms with Gasteiger partial charge in [-0.2, -0.15) is 0 Å². The minimum absolute atomic E-state index is 0.117. The highest BCUT2D eigenvalue weighted by molar-refractivity contribution is 9.10. The van der Waals surface area contributed by atoms with E-state index < -0.39 is 0 Å². The summed E-state index contributed by atoms with van der Waals surface area (Å²) in [7, 11) is 1.76. The van der Waals surface area contributed by atoms with Crippen LogP contribution in [-0.4, -0.2) is 35.5 Å². The molecular weight excluding hydrogens is 574 g/mol. The molecule has 0 heterocycles. The van der Waals surface area contributed by atoms with Crippen molar-refractivity contribution in [2.24, 2.45) is 0 Å². The standard InChI is InChI=1S/C31H28BrN3O3S/c1-35(21-23-11-6-3-7-12-23)30(37)25-13-8-14-26(19-25)33-31(39)34-29(36)24-15-16-28(27(32)20-24)38-18-17-22-9-4-2-5-10-22/h2-16,19-20H,17-18,21H2,1H3,(H2,33,34,36,39). The van der Waals surface area contributed by atoms with Crippen LogP contribution in [0.1, 0.15) is 31.8 Å². The number of nitrogens with one attached hydrogen (secondary N) is 2. The molecule has 0 aliphatic heterocycles. The van der Waals surface area contributed by atoms with Crippen LogP contribution in [0.5, 0.6) is 5.75 Å². The molecule has 2 N–H and O–H groups in total. The lowest BCUT2D eigenvalue weighted by molar-refractivity contribution is 0.0785. The van der Waals surface area contributed by atoms with E-state index in [9.17, 15) is 9.59 Å². The summed E-state index contributed by atoms with van der Waals surface area (Å²) >= 11 is 8.83. The summed E-state index contributed by atoms with van der Waals surface area (Å²) in [4.78, 5) is 27.4. The van der Waals surface area contributed by atoms with Gasteiger partial charge in [0.25, 0.3) is 11.8 Å². The molecule has 198 valence electrons. The third kappa shape index (κ3) is 8.24. The first-order valence-electron chi connectivity index (χ1n) is 12.4. The van der Waals surface area contributed by atoms with E-state index in [0.717, 1.165) is 12.0 Å². The van der Waals surface area contributed by atoms with Crippen molar-refractivity contribution in [2.75, 3.05) is 19.0 Å². The van der Waals surface area contributed by atoms with E-state index in [2.05, 4.69) is 38.7 Å². The van der Waals surface area contributed by atoms with E-state index in [1.165, 1.54) is 5.56 Å². The van der Waals surface area contributed by atoms with Gasteiger partial charge in [-0.3, -0.25) is 14.9 Å². The van der Waals surface area contributed by atoms with Crippen LogP contribution in [0.3, 0.4) is 0 Å². The number of carbonyl (C=O) groups excluding carboxylic acids is 2. The summed E-state index contributed by atoms with van der Waals surface area (Å²) in [6.07, 6.45) is 0.783. The minimum Gasteiger partial charge on any atom is -0.492 e. The predicted octanol–water partition coefficient (Wildman–Crippen LogP) is 6.47. The van der Waals surface area contributed by atoms with Gasteiger partial charge in [0.2, 0.25) is 0 Å². The largest absolute Gasteiger partial charge is 0.492 e. The highest BCUT2D eigenvalue weighted by atomic mass is 79.9. The molecule has 0 bridgehead atoms. The number of nitrogens with zero attached hydrogens (tertiary/aromatic N) is 1. The third-order valence-corrected chi connectivity index (χ3v) is 6.71. The number of amides is 2. The van der Waals surface area contributed by atoms with Gasteiger partial charge in [-0.05, 0) is 75.7 Å². The average Bonchev–Trinajstić information content (AvgIpc) is 2.94. The van der Waals surface area contributed by atoms with Gasteiger partial charge in [-0.25, -0.2) is 0 Å². The van der Waals surface area contributed by atoms with Gasteiger partial charge < -0.3 is 15.0 Å². The minimum atomic E-state index is -0.362. The lowest BCUT2D eigenvalue weighted by Crippen LogP contribution is -2.34. The number of ether oxygens (including phenoxy) is 1. The first-order chi connectivity index (χ1) is 18.9. The van der Waals surface area contributed by atoms with Crippen molar-refractivity contribution in [3.05, 3.63) is 130 Å². The predicted molar refractivity (Wildman–Crippen MR) is 162 cm³/mol. The summed E-state index contributed by atoms with van der Waals surface area (Å²) < 4.78 is 6.54. The zero-order valence-electron chi connectivity index (χ0n) is 21.4. The smallest absolute Gasteiger partial charge is 0.257 e. The van der Waals surface area contributed by atoms with E-state index >= 15 is 0 Å². The van der Waals surface area contributed by atoms with E-state index in [-0.39, 0.29) is 16.9 Å². The van der Waals surface area contributed by atoms with E-state index in [0.29, 0.717) is 40.2 Å². The van der Waals surface area contributed by atoms with Crippen molar-refractivity contribution in [3.63, 3.8) is 0 Å². The van der Waals surface area contributed by atoms with Crippen molar-refractivity contribution >= 4 is 50.8 Å². The second-order valence-electron chi connectivity index (χ2n) is 8.87. The quantitative estimate of drug-likeness (QED) is 0.215. The van der Waals surface area contributed by atoms with Crippen LogP contribution >= 0.6 is 28.1 Å². The number of thiocarbonyl (C=S) groups is 1. The number of anilines is 1. The van der Waals surface area contributed by atoms with Crippen LogP contribution < -0.4 is 15.4 Å². The molecule has 0 aliphatic carbocycles. The molecule has 8 heteroatoms. The van der Waals surface area contributed by atoms with Gasteiger partial charge in [0.15, 0.2) is 5.11 Å². The number of benzene rings is 4. The fourth-order valence-corrected chi connectivity index (χ4v) is 4.60. The van der Waals surface area contributed by atoms with Gasteiger partial charge in [0, 0.05) is 36.8 Å². The van der Waals surface area contributed by atoms with Gasteiger partial charge in [0.05, 0.1) is 11.1 Å². The Kier molecular flexibility index (Phi) is 9.83. The van der Waals surface area contributed by atoms with Gasteiger partial charge in [0.1, 0.15) is 5.75 Å². The Morgan fingerprint density at radius 3 is 2.23 bits per heavy atom. The number of halogens is 1. The summed E-state index contributed by atoms with van der Waals surface area (Å²) in [5.41, 5.74) is 3.78. The first kappa shape index (κ1) is 28.0. The molecule has 39 heavy (non-hydrogen) atoms. The maximum atomic E-state index is 12.9. The monoisotopic (exact) mass is 601 g/mol. The summed E-state index contributed by atoms with van der Waals surface area (Å²) in [6, 6.07) is 32.0. The van der Waals surface area contributed by atoms with Crippen molar-refractivity contribution in [2.45, 2.75) is 13.0 Å². The Morgan fingerprint density at radius 1 is 0.846 bits per heavy atom. The maximum Gasteiger partial charge on any atom is 0.257 e. The number of rotatable bonds is 9. The molecule has 4 rings (SSSR count). The third-order valence-electron chi connectivity index (χ3n) is 5.89. The van der Waals surface area contributed by atoms with E-state index in [4.69, 9.17) is 17.0 Å². The average molecular weight is 603 g/mol. The lowest BCUT2D eigenvalue weighted by atomic mass is 10.1. The van der Waals surface area contributed by atoms with Crippen molar-refractivity contribution in [1.82, 2.24) is 10.2 Å². The molecule has 0 atom stereocenters. The second kappa shape index (κ2) is 13.7. The highest BCUT2D eigenvalue weighted by Crippen LogP contribution is 2.26. The molecule has 0 aliphatic rings. The summed E-state index contributed by atoms with van der Waals surface area (Å²) in [5, 5.41) is 5.80. The molecule has 0 spiro atoms. The lowest BCUT2D eigenvalue weighted by Gasteiger charge is -2.18. The van der Waals surface area contributed by atoms with Crippen LogP contribution in [0.4, 0.5) is 5.69 Å². The Morgan fingerprint density at radius 2 is 1.54 bits per heavy atom. The molecule has 0 fully saturated rings. The van der Waals surface area contributed by atoms with Crippen LogP contribution in [0.2, 0.25) is 0 Å². The fourth-order valence-electron chi connectivity index (χ4n) is 3.90. The molecular formula is C31H28BrN3O3S. The fraction of sp³-hybridized carbons (Fsp3) is 0.129. The molecule has 2 amide bonds. The summed E-state index contributed by atoms with van der Waals surface area (Å²) in [5.74, 6) is 0.175. The van der Waals surface area contributed by atoms with Crippen LogP contribution in [0, 0.1) is 0 Å². The Balaban J connectivity index is 1.30. The number of hydrogen-bond donors (Lipinski definition) is 2. The number of hydrogen-bond acceptors (Lipinski definition) is 4. The Hall–Kier alpha value is -4.01. The normalized spacial score (nSPS) is 10.4. The molecule has 6 nitrogen and oxygen atoms in total. The molecule has 0 aromatic heterocycles. The van der Waals surface area contributed by atoms with Crippen LogP contribution in [0.25, 0.3) is 0 Å². The van der Waals surface area contributed by atoms with Crippen molar-refractivity contribution in [3.8, 4) is 5.75 Å². The number of carbonyl (C=O) groups is 2. The molecule has 0 saturated carbocycles.